The molecule has 0 radical (unpaired) electrons. The standard InChI is InChI=1S/C7H13N3O4S2/c1-16(13,14)5-4-15-3-2-10(5)7(12)6(11)9-8/h5H,2-4,8H2,1H3,(H,9,11). The van der Waals surface area contributed by atoms with E-state index in [1.54, 1.807) is 5.43 Å². The zero-order valence-electron chi connectivity index (χ0n) is 8.67. The quantitative estimate of drug-likeness (QED) is 0.244. The first kappa shape index (κ1) is 13.3. The van der Waals surface area contributed by atoms with Gasteiger partial charge in [-0.3, -0.25) is 15.0 Å². The first-order chi connectivity index (χ1) is 7.38. The van der Waals surface area contributed by atoms with Crippen LogP contribution in [0.15, 0.2) is 0 Å². The Morgan fingerprint density at radius 1 is 1.50 bits per heavy atom. The number of hydrogen-bond donors (Lipinski definition) is 2. The number of hydrogen-bond acceptors (Lipinski definition) is 6. The molecule has 1 aliphatic rings. The van der Waals surface area contributed by atoms with Crippen molar-refractivity contribution in [3.8, 4) is 0 Å². The summed E-state index contributed by atoms with van der Waals surface area (Å²) in [4.78, 5) is 23.7. The minimum Gasteiger partial charge on any atom is -0.316 e. The van der Waals surface area contributed by atoms with Crippen LogP contribution in [0.3, 0.4) is 0 Å². The molecule has 0 spiro atoms. The third-order valence-electron chi connectivity index (χ3n) is 2.17. The van der Waals surface area contributed by atoms with Crippen LogP contribution in [0, 0.1) is 0 Å². The summed E-state index contributed by atoms with van der Waals surface area (Å²) in [5.41, 5.74) is 1.70. The number of nitrogens with two attached hydrogens (primary N) is 1. The number of hydrazine groups is 1. The summed E-state index contributed by atoms with van der Waals surface area (Å²) in [7, 11) is -3.40. The Morgan fingerprint density at radius 2 is 2.12 bits per heavy atom. The first-order valence-corrected chi connectivity index (χ1v) is 7.57. The lowest BCUT2D eigenvalue weighted by atomic mass is 10.4. The third-order valence-corrected chi connectivity index (χ3v) is 4.81. The SMILES string of the molecule is CS(=O)(=O)C1CSCCN1C(=O)C(=O)NN. The topological polar surface area (TPSA) is 110 Å². The number of amides is 2. The maximum Gasteiger partial charge on any atom is 0.323 e. The highest BCUT2D eigenvalue weighted by Gasteiger charge is 2.36. The van der Waals surface area contributed by atoms with E-state index >= 15 is 0 Å². The second-order valence-corrected chi connectivity index (χ2v) is 6.68. The van der Waals surface area contributed by atoms with E-state index in [0.29, 0.717) is 5.75 Å². The third kappa shape index (κ3) is 2.86. The van der Waals surface area contributed by atoms with Crippen LogP contribution in [0.1, 0.15) is 0 Å². The second kappa shape index (κ2) is 5.02. The number of carbonyl (C=O) groups is 2. The molecule has 3 N–H and O–H groups in total. The van der Waals surface area contributed by atoms with Gasteiger partial charge in [-0.2, -0.15) is 11.8 Å². The molecule has 2 amide bonds. The molecule has 1 saturated heterocycles. The predicted molar refractivity (Wildman–Crippen MR) is 60.0 cm³/mol. The van der Waals surface area contributed by atoms with Gasteiger partial charge in [-0.05, 0) is 0 Å². The smallest absolute Gasteiger partial charge is 0.316 e. The number of sulfone groups is 1. The average Bonchev–Trinajstić information content (AvgIpc) is 2.26. The van der Waals surface area contributed by atoms with Crippen molar-refractivity contribution in [2.24, 2.45) is 5.84 Å². The maximum absolute atomic E-state index is 11.5. The number of nitrogens with zero attached hydrogens (tertiary/aromatic N) is 1. The van der Waals surface area contributed by atoms with E-state index < -0.39 is 27.0 Å². The van der Waals surface area contributed by atoms with Crippen LogP contribution in [0.4, 0.5) is 0 Å². The minimum atomic E-state index is -3.40. The average molecular weight is 267 g/mol. The zero-order chi connectivity index (χ0) is 12.3. The molecular formula is C7H13N3O4S2. The van der Waals surface area contributed by atoms with Crippen LogP contribution in [-0.4, -0.2) is 54.8 Å². The molecule has 1 aliphatic heterocycles. The molecule has 0 aromatic carbocycles. The van der Waals surface area contributed by atoms with Gasteiger partial charge in [-0.15, -0.1) is 0 Å². The van der Waals surface area contributed by atoms with Crippen LogP contribution in [0.5, 0.6) is 0 Å². The van der Waals surface area contributed by atoms with Crippen LogP contribution in [0.2, 0.25) is 0 Å². The Labute approximate surface area is 97.6 Å². The number of carbonyl (C=O) groups excluding carboxylic acids is 2. The van der Waals surface area contributed by atoms with E-state index in [9.17, 15) is 18.0 Å². The Balaban J connectivity index is 2.91. The van der Waals surface area contributed by atoms with Gasteiger partial charge < -0.3 is 4.90 Å². The Kier molecular flexibility index (Phi) is 4.16. The van der Waals surface area contributed by atoms with Gasteiger partial charge in [0.15, 0.2) is 9.84 Å². The van der Waals surface area contributed by atoms with Crippen LogP contribution in [-0.2, 0) is 19.4 Å². The fraction of sp³-hybridized carbons (Fsp3) is 0.714. The van der Waals surface area contributed by atoms with Crippen LogP contribution in [0.25, 0.3) is 0 Å². The maximum atomic E-state index is 11.5. The summed E-state index contributed by atoms with van der Waals surface area (Å²) in [6.45, 7) is 0.231. The molecule has 1 atom stereocenters. The molecule has 9 heteroatoms. The molecule has 92 valence electrons. The molecule has 0 aromatic rings. The van der Waals surface area contributed by atoms with Gasteiger partial charge in [0.2, 0.25) is 0 Å². The summed E-state index contributed by atoms with van der Waals surface area (Å²) >= 11 is 1.43. The summed E-state index contributed by atoms with van der Waals surface area (Å²) in [6.07, 6.45) is 1.05. The predicted octanol–water partition coefficient (Wildman–Crippen LogP) is -2.08. The molecule has 1 unspecified atom stereocenters. The summed E-state index contributed by atoms with van der Waals surface area (Å²) in [5, 5.41) is -0.948. The first-order valence-electron chi connectivity index (χ1n) is 4.46. The number of thioether (sulfide) groups is 1. The van der Waals surface area contributed by atoms with Crippen molar-refractivity contribution in [3.05, 3.63) is 0 Å². The highest BCUT2D eigenvalue weighted by atomic mass is 32.2. The molecule has 1 fully saturated rings. The van der Waals surface area contributed by atoms with E-state index in [2.05, 4.69) is 0 Å². The molecule has 0 aliphatic carbocycles. The van der Waals surface area contributed by atoms with Crippen molar-refractivity contribution in [1.29, 1.82) is 0 Å². The number of nitrogens with one attached hydrogen (secondary N) is 1. The van der Waals surface area contributed by atoms with Crippen molar-refractivity contribution < 1.29 is 18.0 Å². The van der Waals surface area contributed by atoms with E-state index in [1.807, 2.05) is 0 Å². The lowest BCUT2D eigenvalue weighted by Crippen LogP contribution is -2.55. The lowest BCUT2D eigenvalue weighted by Gasteiger charge is -2.33. The molecule has 0 bridgehead atoms. The van der Waals surface area contributed by atoms with Gasteiger partial charge in [-0.25, -0.2) is 14.3 Å². The van der Waals surface area contributed by atoms with Gasteiger partial charge in [0.05, 0.1) is 0 Å². The highest BCUT2D eigenvalue weighted by molar-refractivity contribution is 8.00. The van der Waals surface area contributed by atoms with Gasteiger partial charge >= 0.3 is 11.8 Å². The van der Waals surface area contributed by atoms with Gasteiger partial charge in [0.1, 0.15) is 5.37 Å². The fourth-order valence-electron chi connectivity index (χ4n) is 1.36. The number of rotatable bonds is 1. The van der Waals surface area contributed by atoms with Crippen molar-refractivity contribution in [2.45, 2.75) is 5.37 Å². The Morgan fingerprint density at radius 3 is 2.62 bits per heavy atom. The monoisotopic (exact) mass is 267 g/mol. The fourth-order valence-corrected chi connectivity index (χ4v) is 4.18. The normalized spacial score (nSPS) is 21.6. The van der Waals surface area contributed by atoms with Crippen molar-refractivity contribution in [2.75, 3.05) is 24.3 Å². The molecule has 1 heterocycles. The molecule has 16 heavy (non-hydrogen) atoms. The minimum absolute atomic E-state index is 0.231. The van der Waals surface area contributed by atoms with Gasteiger partial charge in [-0.1, -0.05) is 0 Å². The molecule has 7 nitrogen and oxygen atoms in total. The van der Waals surface area contributed by atoms with Gasteiger partial charge in [0.25, 0.3) is 0 Å². The molecule has 1 rings (SSSR count). The molecule has 0 aromatic heterocycles. The Hall–Kier alpha value is -0.800. The van der Waals surface area contributed by atoms with Crippen LogP contribution >= 0.6 is 11.8 Å². The second-order valence-electron chi connectivity index (χ2n) is 3.33. The Bertz CT molecular complexity index is 394. The molecule has 0 saturated carbocycles. The van der Waals surface area contributed by atoms with Crippen LogP contribution < -0.4 is 11.3 Å². The van der Waals surface area contributed by atoms with Crippen molar-refractivity contribution in [1.82, 2.24) is 10.3 Å². The summed E-state index contributed by atoms with van der Waals surface area (Å²) in [5.74, 6) is 3.82. The van der Waals surface area contributed by atoms with E-state index in [4.69, 9.17) is 5.84 Å². The molecular weight excluding hydrogens is 254 g/mol. The lowest BCUT2D eigenvalue weighted by molar-refractivity contribution is -0.146. The summed E-state index contributed by atoms with van der Waals surface area (Å²) < 4.78 is 22.9. The van der Waals surface area contributed by atoms with E-state index in [0.717, 1.165) is 11.2 Å². The zero-order valence-corrected chi connectivity index (χ0v) is 10.3. The summed E-state index contributed by atoms with van der Waals surface area (Å²) in [6, 6.07) is 0. The largest absolute Gasteiger partial charge is 0.323 e. The van der Waals surface area contributed by atoms with E-state index in [1.165, 1.54) is 11.8 Å². The van der Waals surface area contributed by atoms with E-state index in [-0.39, 0.29) is 12.3 Å². The van der Waals surface area contributed by atoms with Crippen molar-refractivity contribution in [3.63, 3.8) is 0 Å². The van der Waals surface area contributed by atoms with Gasteiger partial charge in [0, 0.05) is 24.3 Å². The van der Waals surface area contributed by atoms with Crippen molar-refractivity contribution >= 4 is 33.4 Å². The highest BCUT2D eigenvalue weighted by Crippen LogP contribution is 2.20.